The van der Waals surface area contributed by atoms with Crippen LogP contribution in [0.3, 0.4) is 0 Å². The lowest BCUT2D eigenvalue weighted by molar-refractivity contribution is -0.111. The van der Waals surface area contributed by atoms with Crippen molar-refractivity contribution < 1.29 is 9.59 Å². The first kappa shape index (κ1) is 18.4. The fourth-order valence-corrected chi connectivity index (χ4v) is 3.08. The fourth-order valence-electron chi connectivity index (χ4n) is 3.08. The maximum Gasteiger partial charge on any atom is 0.318 e. The second-order valence-electron chi connectivity index (χ2n) is 6.63. The van der Waals surface area contributed by atoms with Crippen LogP contribution in [0.5, 0.6) is 0 Å². The van der Waals surface area contributed by atoms with Crippen molar-refractivity contribution in [2.45, 2.75) is 19.6 Å². The third-order valence-electron chi connectivity index (χ3n) is 4.60. The molecule has 8 nitrogen and oxygen atoms in total. The maximum absolute atomic E-state index is 12.5. The molecule has 0 atom stereocenters. The van der Waals surface area contributed by atoms with Gasteiger partial charge in [0.15, 0.2) is 5.82 Å². The molecule has 0 radical (unpaired) electrons. The van der Waals surface area contributed by atoms with Crippen LogP contribution >= 0.6 is 0 Å². The van der Waals surface area contributed by atoms with E-state index >= 15 is 0 Å². The summed E-state index contributed by atoms with van der Waals surface area (Å²) in [5.41, 5.74) is 3.57. The fraction of sp³-hybridized carbons (Fsp3) is 0.143. The van der Waals surface area contributed by atoms with Crippen molar-refractivity contribution in [1.82, 2.24) is 25.4 Å². The molecule has 3 amide bonds. The Morgan fingerprint density at radius 3 is 2.69 bits per heavy atom. The van der Waals surface area contributed by atoms with Gasteiger partial charge in [-0.15, -0.1) is 0 Å². The molecule has 1 aliphatic rings. The van der Waals surface area contributed by atoms with E-state index in [0.29, 0.717) is 25.5 Å². The number of fused-ring (bicyclic) bond motifs is 1. The van der Waals surface area contributed by atoms with Crippen LogP contribution in [-0.2, 0) is 24.4 Å². The van der Waals surface area contributed by atoms with Crippen LogP contribution in [0.1, 0.15) is 22.4 Å². The van der Waals surface area contributed by atoms with Crippen molar-refractivity contribution in [3.05, 3.63) is 83.3 Å². The molecule has 2 aromatic heterocycles. The van der Waals surface area contributed by atoms with Crippen molar-refractivity contribution in [3.8, 4) is 0 Å². The minimum atomic E-state index is -0.289. The summed E-state index contributed by atoms with van der Waals surface area (Å²) in [6.07, 6.45) is 6.47. The third-order valence-corrected chi connectivity index (χ3v) is 4.60. The number of H-pyrrole nitrogens is 1. The average molecular weight is 388 g/mol. The molecule has 29 heavy (non-hydrogen) atoms. The first-order chi connectivity index (χ1) is 14.2. The number of amides is 3. The van der Waals surface area contributed by atoms with Gasteiger partial charge in [-0.25, -0.2) is 4.79 Å². The van der Waals surface area contributed by atoms with Crippen LogP contribution in [-0.4, -0.2) is 32.0 Å². The number of nitrogens with one attached hydrogen (secondary N) is 3. The van der Waals surface area contributed by atoms with Gasteiger partial charge < -0.3 is 15.5 Å². The Morgan fingerprint density at radius 2 is 1.90 bits per heavy atom. The molecule has 146 valence electrons. The molecule has 0 spiro atoms. The van der Waals surface area contributed by atoms with Gasteiger partial charge in [0.05, 0.1) is 18.8 Å². The average Bonchev–Trinajstić information content (AvgIpc) is 3.34. The van der Waals surface area contributed by atoms with Crippen molar-refractivity contribution in [3.63, 3.8) is 0 Å². The normalized spacial score (nSPS) is 12.8. The van der Waals surface area contributed by atoms with E-state index in [1.807, 2.05) is 42.5 Å². The Balaban J connectivity index is 1.33. The van der Waals surface area contributed by atoms with Gasteiger partial charge in [-0.05, 0) is 29.3 Å². The molecule has 1 aliphatic heterocycles. The summed E-state index contributed by atoms with van der Waals surface area (Å²) in [6.45, 7) is 1.27. The highest BCUT2D eigenvalue weighted by Gasteiger charge is 2.28. The molecule has 0 bridgehead atoms. The van der Waals surface area contributed by atoms with Gasteiger partial charge in [0.2, 0.25) is 5.91 Å². The quantitative estimate of drug-likeness (QED) is 0.585. The molecule has 8 heteroatoms. The Bertz CT molecular complexity index is 1030. The molecule has 0 saturated heterocycles. The monoisotopic (exact) mass is 388 g/mol. The van der Waals surface area contributed by atoms with Gasteiger partial charge in [-0.1, -0.05) is 30.3 Å². The second kappa shape index (κ2) is 8.39. The summed E-state index contributed by atoms with van der Waals surface area (Å²) in [4.78, 5) is 30.3. The Morgan fingerprint density at radius 1 is 1.10 bits per heavy atom. The molecule has 0 fully saturated rings. The molecule has 0 unspecified atom stereocenters. The molecular formula is C21H20N6O2. The van der Waals surface area contributed by atoms with Crippen LogP contribution in [0.4, 0.5) is 10.6 Å². The minimum Gasteiger partial charge on any atom is -0.334 e. The summed E-state index contributed by atoms with van der Waals surface area (Å²) < 4.78 is 0. The number of nitrogens with zero attached hydrogens (tertiary/aromatic N) is 3. The number of pyridine rings is 1. The maximum atomic E-state index is 12.5. The molecule has 3 N–H and O–H groups in total. The van der Waals surface area contributed by atoms with E-state index in [0.717, 1.165) is 22.4 Å². The molecule has 3 aromatic rings. The van der Waals surface area contributed by atoms with E-state index in [1.165, 1.54) is 6.08 Å². The number of anilines is 1. The van der Waals surface area contributed by atoms with Gasteiger partial charge in [0.25, 0.3) is 0 Å². The van der Waals surface area contributed by atoms with E-state index in [2.05, 4.69) is 25.8 Å². The summed E-state index contributed by atoms with van der Waals surface area (Å²) in [5, 5.41) is 12.7. The highest BCUT2D eigenvalue weighted by molar-refractivity contribution is 6.01. The van der Waals surface area contributed by atoms with Crippen LogP contribution in [0.2, 0.25) is 0 Å². The number of aromatic amines is 1. The number of urea groups is 1. The number of rotatable bonds is 5. The molecule has 0 saturated carbocycles. The van der Waals surface area contributed by atoms with Crippen LogP contribution < -0.4 is 10.6 Å². The number of hydrogen-bond donors (Lipinski definition) is 3. The van der Waals surface area contributed by atoms with Crippen LogP contribution in [0.15, 0.2) is 60.9 Å². The number of carbonyl (C=O) groups excluding carboxylic acids is 2. The summed E-state index contributed by atoms with van der Waals surface area (Å²) >= 11 is 0. The molecule has 4 rings (SSSR count). The van der Waals surface area contributed by atoms with Gasteiger partial charge in [0.1, 0.15) is 0 Å². The van der Waals surface area contributed by atoms with Crippen molar-refractivity contribution >= 4 is 23.8 Å². The zero-order valence-corrected chi connectivity index (χ0v) is 15.6. The van der Waals surface area contributed by atoms with Crippen molar-refractivity contribution in [1.29, 1.82) is 0 Å². The number of benzene rings is 1. The van der Waals surface area contributed by atoms with Gasteiger partial charge >= 0.3 is 6.03 Å². The standard InChI is InChI=1S/C21H20N6O2/c28-19(7-6-15-8-10-22-11-9-15)24-20-17-13-27(14-18(17)25-26-20)21(29)23-12-16-4-2-1-3-5-16/h1-11H,12-14H2,(H,23,29)(H2,24,25,26,28)/b7-6+. The van der Waals surface area contributed by atoms with Gasteiger partial charge in [-0.3, -0.25) is 14.9 Å². The second-order valence-corrected chi connectivity index (χ2v) is 6.63. The Hall–Kier alpha value is -3.94. The summed E-state index contributed by atoms with van der Waals surface area (Å²) in [7, 11) is 0. The first-order valence-electron chi connectivity index (χ1n) is 9.21. The predicted molar refractivity (Wildman–Crippen MR) is 108 cm³/mol. The van der Waals surface area contributed by atoms with E-state index in [-0.39, 0.29) is 11.9 Å². The Kier molecular flexibility index (Phi) is 5.33. The number of hydrogen-bond acceptors (Lipinski definition) is 4. The van der Waals surface area contributed by atoms with Crippen molar-refractivity contribution in [2.75, 3.05) is 5.32 Å². The van der Waals surface area contributed by atoms with Crippen molar-refractivity contribution in [2.24, 2.45) is 0 Å². The first-order valence-corrected chi connectivity index (χ1v) is 9.21. The van der Waals surface area contributed by atoms with Crippen LogP contribution in [0, 0.1) is 0 Å². The zero-order chi connectivity index (χ0) is 20.1. The lowest BCUT2D eigenvalue weighted by Gasteiger charge is -2.16. The predicted octanol–water partition coefficient (Wildman–Crippen LogP) is 2.68. The highest BCUT2D eigenvalue weighted by Crippen LogP contribution is 2.27. The lowest BCUT2D eigenvalue weighted by atomic mass is 10.2. The number of carbonyl (C=O) groups is 2. The highest BCUT2D eigenvalue weighted by atomic mass is 16.2. The third kappa shape index (κ3) is 4.49. The minimum absolute atomic E-state index is 0.159. The van der Waals surface area contributed by atoms with Gasteiger partial charge in [-0.2, -0.15) is 5.10 Å². The van der Waals surface area contributed by atoms with E-state index < -0.39 is 0 Å². The van der Waals surface area contributed by atoms with Crippen LogP contribution in [0.25, 0.3) is 6.08 Å². The molecular weight excluding hydrogens is 368 g/mol. The lowest BCUT2D eigenvalue weighted by Crippen LogP contribution is -2.36. The number of aromatic nitrogens is 3. The van der Waals surface area contributed by atoms with Gasteiger partial charge in [0, 0.05) is 30.6 Å². The summed E-state index contributed by atoms with van der Waals surface area (Å²) in [6, 6.07) is 13.2. The molecule has 0 aliphatic carbocycles. The molecule has 1 aromatic carbocycles. The smallest absolute Gasteiger partial charge is 0.318 e. The van der Waals surface area contributed by atoms with E-state index in [9.17, 15) is 9.59 Å². The largest absolute Gasteiger partial charge is 0.334 e. The Labute approximate surface area is 167 Å². The summed E-state index contributed by atoms with van der Waals surface area (Å²) in [5.74, 6) is 0.158. The topological polar surface area (TPSA) is 103 Å². The van der Waals surface area contributed by atoms with E-state index in [1.54, 1.807) is 23.4 Å². The van der Waals surface area contributed by atoms with E-state index in [4.69, 9.17) is 0 Å². The molecule has 3 heterocycles. The zero-order valence-electron chi connectivity index (χ0n) is 15.6. The SMILES string of the molecule is O=C(/C=C/c1ccncc1)Nc1n[nH]c2c1CN(C(=O)NCc1ccccc1)C2.